The normalized spacial score (nSPS) is 12.5. The van der Waals surface area contributed by atoms with Gasteiger partial charge in [-0.2, -0.15) is 0 Å². The zero-order valence-corrected chi connectivity index (χ0v) is 10.8. The third-order valence-electron chi connectivity index (χ3n) is 2.65. The molecule has 1 aromatic carbocycles. The zero-order valence-electron chi connectivity index (χ0n) is 10.0. The number of hydrogen-bond acceptors (Lipinski definition) is 2. The van der Waals surface area contributed by atoms with Crippen molar-refractivity contribution in [1.29, 1.82) is 0 Å². The van der Waals surface area contributed by atoms with Crippen LogP contribution in [0, 0.1) is 5.82 Å². The van der Waals surface area contributed by atoms with E-state index in [1.807, 2.05) is 6.92 Å². The lowest BCUT2D eigenvalue weighted by Crippen LogP contribution is -2.10. The minimum atomic E-state index is -0.498. The van der Waals surface area contributed by atoms with Crippen LogP contribution < -0.4 is 0 Å². The molecule has 0 N–H and O–H groups in total. The van der Waals surface area contributed by atoms with Crippen LogP contribution in [0.15, 0.2) is 18.2 Å². The number of methoxy groups -OCH3 is 1. The number of carbonyl (C=O) groups is 1. The molecule has 0 aromatic heterocycles. The molecule has 0 saturated carbocycles. The third-order valence-corrected chi connectivity index (χ3v) is 2.94. The number of carbonyl (C=O) groups excluding carboxylic acids is 1. The molecule has 0 heterocycles. The van der Waals surface area contributed by atoms with Gasteiger partial charge in [0, 0.05) is 20.0 Å². The van der Waals surface area contributed by atoms with Crippen LogP contribution in [0.2, 0.25) is 5.02 Å². The Morgan fingerprint density at radius 1 is 1.53 bits per heavy atom. The molecule has 1 unspecified atom stereocenters. The van der Waals surface area contributed by atoms with Gasteiger partial charge in [-0.25, -0.2) is 4.39 Å². The van der Waals surface area contributed by atoms with Crippen molar-refractivity contribution < 1.29 is 13.9 Å². The predicted octanol–water partition coefficient (Wildman–Crippen LogP) is 3.41. The van der Waals surface area contributed by atoms with Gasteiger partial charge in [-0.05, 0) is 25.0 Å². The van der Waals surface area contributed by atoms with Crippen molar-refractivity contribution in [2.24, 2.45) is 0 Å². The molecule has 1 aromatic rings. The summed E-state index contributed by atoms with van der Waals surface area (Å²) < 4.78 is 18.6. The van der Waals surface area contributed by atoms with Gasteiger partial charge >= 0.3 is 0 Å². The van der Waals surface area contributed by atoms with Gasteiger partial charge in [0.05, 0.1) is 11.1 Å². The van der Waals surface area contributed by atoms with Crippen LogP contribution in [0.3, 0.4) is 0 Å². The van der Waals surface area contributed by atoms with E-state index in [0.29, 0.717) is 18.4 Å². The van der Waals surface area contributed by atoms with Crippen LogP contribution in [0.5, 0.6) is 0 Å². The van der Waals surface area contributed by atoms with Crippen LogP contribution in [0.1, 0.15) is 25.3 Å². The zero-order chi connectivity index (χ0) is 12.8. The fourth-order valence-corrected chi connectivity index (χ4v) is 1.66. The molecule has 4 heteroatoms. The van der Waals surface area contributed by atoms with Gasteiger partial charge in [0.25, 0.3) is 0 Å². The second kappa shape index (κ2) is 6.72. The molecule has 0 fully saturated rings. The van der Waals surface area contributed by atoms with Crippen molar-refractivity contribution >= 4 is 17.4 Å². The van der Waals surface area contributed by atoms with E-state index in [4.69, 9.17) is 16.3 Å². The second-order valence-electron chi connectivity index (χ2n) is 4.01. The maximum absolute atomic E-state index is 13.5. The molecule has 1 rings (SSSR count). The van der Waals surface area contributed by atoms with Crippen LogP contribution >= 0.6 is 11.6 Å². The van der Waals surface area contributed by atoms with E-state index < -0.39 is 5.82 Å². The summed E-state index contributed by atoms with van der Waals surface area (Å²) in [6.45, 7) is 1.90. The molecule has 1 atom stereocenters. The predicted molar refractivity (Wildman–Crippen MR) is 65.8 cm³/mol. The van der Waals surface area contributed by atoms with E-state index >= 15 is 0 Å². The van der Waals surface area contributed by atoms with Crippen molar-refractivity contribution in [3.05, 3.63) is 34.6 Å². The molecule has 94 valence electrons. The van der Waals surface area contributed by atoms with E-state index in [0.717, 1.165) is 0 Å². The SMILES string of the molecule is COC(C)CCC(=O)Cc1cccc(Cl)c1F. The largest absolute Gasteiger partial charge is 0.382 e. The molecule has 0 aliphatic rings. The molecule has 0 amide bonds. The van der Waals surface area contributed by atoms with E-state index in [9.17, 15) is 9.18 Å². The minimum absolute atomic E-state index is 0.00457. The lowest BCUT2D eigenvalue weighted by Gasteiger charge is -2.08. The van der Waals surface area contributed by atoms with Crippen LogP contribution in [-0.4, -0.2) is 19.0 Å². The summed E-state index contributed by atoms with van der Waals surface area (Å²) in [5.74, 6) is -0.502. The highest BCUT2D eigenvalue weighted by Crippen LogP contribution is 2.19. The fraction of sp³-hybridized carbons (Fsp3) is 0.462. The van der Waals surface area contributed by atoms with Crippen LogP contribution in [-0.2, 0) is 16.0 Å². The number of hydrogen-bond donors (Lipinski definition) is 0. The summed E-state index contributed by atoms with van der Waals surface area (Å²) in [6, 6.07) is 4.70. The first-order valence-corrected chi connectivity index (χ1v) is 5.89. The van der Waals surface area contributed by atoms with Gasteiger partial charge in [0.1, 0.15) is 11.6 Å². The Morgan fingerprint density at radius 2 is 2.24 bits per heavy atom. The summed E-state index contributed by atoms with van der Waals surface area (Å²) in [6.07, 6.45) is 1.17. The average molecular weight is 259 g/mol. The molecule has 2 nitrogen and oxygen atoms in total. The summed E-state index contributed by atoms with van der Waals surface area (Å²) in [5, 5.41) is 0.0561. The van der Waals surface area contributed by atoms with E-state index in [1.54, 1.807) is 19.2 Å². The first-order chi connectivity index (χ1) is 8.04. The van der Waals surface area contributed by atoms with Gasteiger partial charge in [-0.15, -0.1) is 0 Å². The van der Waals surface area contributed by atoms with Crippen LogP contribution in [0.4, 0.5) is 4.39 Å². The number of Topliss-reactive ketones (excluding diaryl/α,β-unsaturated/α-hetero) is 1. The molecule has 0 radical (unpaired) electrons. The van der Waals surface area contributed by atoms with Gasteiger partial charge < -0.3 is 4.74 Å². The van der Waals surface area contributed by atoms with Crippen LogP contribution in [0.25, 0.3) is 0 Å². The minimum Gasteiger partial charge on any atom is -0.382 e. The topological polar surface area (TPSA) is 26.3 Å². The van der Waals surface area contributed by atoms with Gasteiger partial charge in [0.15, 0.2) is 0 Å². The number of ketones is 1. The number of rotatable bonds is 6. The highest BCUT2D eigenvalue weighted by Gasteiger charge is 2.11. The molecule has 0 bridgehead atoms. The number of halogens is 2. The second-order valence-corrected chi connectivity index (χ2v) is 4.42. The van der Waals surface area contributed by atoms with Crippen molar-refractivity contribution in [1.82, 2.24) is 0 Å². The van der Waals surface area contributed by atoms with Crippen molar-refractivity contribution in [2.45, 2.75) is 32.3 Å². The monoisotopic (exact) mass is 258 g/mol. The van der Waals surface area contributed by atoms with Crippen molar-refractivity contribution in [3.63, 3.8) is 0 Å². The summed E-state index contributed by atoms with van der Waals surface area (Å²) >= 11 is 5.64. The molecular weight excluding hydrogens is 243 g/mol. The summed E-state index contributed by atoms with van der Waals surface area (Å²) in [7, 11) is 1.60. The number of ether oxygens (including phenoxy) is 1. The standard InChI is InChI=1S/C13H16ClFO2/c1-9(17-2)6-7-11(16)8-10-4-3-5-12(14)13(10)15/h3-5,9H,6-8H2,1-2H3. The smallest absolute Gasteiger partial charge is 0.145 e. The Balaban J connectivity index is 2.54. The Labute approximate surface area is 106 Å². The Bertz CT molecular complexity index is 393. The van der Waals surface area contributed by atoms with Gasteiger partial charge in [-0.1, -0.05) is 23.7 Å². The van der Waals surface area contributed by atoms with Crippen molar-refractivity contribution in [2.75, 3.05) is 7.11 Å². The molecule has 17 heavy (non-hydrogen) atoms. The van der Waals surface area contributed by atoms with E-state index in [2.05, 4.69) is 0 Å². The Kier molecular flexibility index (Phi) is 5.59. The van der Waals surface area contributed by atoms with Gasteiger partial charge in [0.2, 0.25) is 0 Å². The fourth-order valence-electron chi connectivity index (χ4n) is 1.47. The first kappa shape index (κ1) is 14.1. The van der Waals surface area contributed by atoms with Crippen molar-refractivity contribution in [3.8, 4) is 0 Å². The molecular formula is C13H16ClFO2. The maximum atomic E-state index is 13.5. The maximum Gasteiger partial charge on any atom is 0.145 e. The lowest BCUT2D eigenvalue weighted by atomic mass is 10.0. The molecule has 0 spiro atoms. The Morgan fingerprint density at radius 3 is 2.88 bits per heavy atom. The lowest BCUT2D eigenvalue weighted by molar-refractivity contribution is -0.119. The van der Waals surface area contributed by atoms with E-state index in [-0.39, 0.29) is 23.3 Å². The molecule has 0 saturated heterocycles. The summed E-state index contributed by atoms with van der Waals surface area (Å²) in [4.78, 5) is 11.6. The average Bonchev–Trinajstić information content (AvgIpc) is 2.32. The number of benzene rings is 1. The highest BCUT2D eigenvalue weighted by molar-refractivity contribution is 6.30. The molecule has 0 aliphatic carbocycles. The van der Waals surface area contributed by atoms with E-state index in [1.165, 1.54) is 6.07 Å². The van der Waals surface area contributed by atoms with Gasteiger partial charge in [-0.3, -0.25) is 4.79 Å². The quantitative estimate of drug-likeness (QED) is 0.782. The first-order valence-electron chi connectivity index (χ1n) is 5.52. The summed E-state index contributed by atoms with van der Waals surface area (Å²) in [5.41, 5.74) is 0.354. The Hall–Kier alpha value is -0.930. The highest BCUT2D eigenvalue weighted by atomic mass is 35.5. The third kappa shape index (κ3) is 4.44. The molecule has 0 aliphatic heterocycles.